The maximum atomic E-state index is 7.09. The Balaban J connectivity index is 1.85. The molecule has 3 unspecified atom stereocenters. The van der Waals surface area contributed by atoms with Crippen LogP contribution in [0.3, 0.4) is 0 Å². The summed E-state index contributed by atoms with van der Waals surface area (Å²) in [4.78, 5) is 0. The van der Waals surface area contributed by atoms with Gasteiger partial charge in [0.1, 0.15) is 0 Å². The second kappa shape index (κ2) is 12.1. The Morgan fingerprint density at radius 3 is 2.77 bits per heavy atom. The van der Waals surface area contributed by atoms with Crippen molar-refractivity contribution in [3.05, 3.63) is 41.6 Å². The second-order valence-electron chi connectivity index (χ2n) is 10.3. The monoisotopic (exact) mass is 476 g/mol. The number of benzene rings is 1. The molecule has 0 aliphatic carbocycles. The highest BCUT2D eigenvalue weighted by atomic mass is 28.4. The Kier molecular flexibility index (Phi) is 9.80. The van der Waals surface area contributed by atoms with Crippen LogP contribution in [0.1, 0.15) is 57.4 Å². The maximum Gasteiger partial charge on any atom is 0.249 e. The summed E-state index contributed by atoms with van der Waals surface area (Å²) in [5, 5.41) is 1.52. The highest BCUT2D eigenvalue weighted by molar-refractivity contribution is 6.91. The molecule has 0 N–H and O–H groups in total. The lowest BCUT2D eigenvalue weighted by molar-refractivity contribution is 0.100. The van der Waals surface area contributed by atoms with E-state index in [1.807, 2.05) is 0 Å². The van der Waals surface area contributed by atoms with Crippen molar-refractivity contribution < 1.29 is 13.3 Å². The first-order chi connectivity index (χ1) is 14.9. The van der Waals surface area contributed by atoms with Gasteiger partial charge in [0.2, 0.25) is 8.32 Å². The lowest BCUT2D eigenvalue weighted by Crippen LogP contribution is -2.56. The van der Waals surface area contributed by atoms with Gasteiger partial charge in [-0.15, -0.1) is 0 Å². The smallest absolute Gasteiger partial charge is 0.249 e. The third kappa shape index (κ3) is 7.79. The van der Waals surface area contributed by atoms with E-state index in [0.29, 0.717) is 0 Å². The molecule has 6 heteroatoms. The minimum absolute atomic E-state index is 0.235. The summed E-state index contributed by atoms with van der Waals surface area (Å²) in [6.45, 7) is 10.8. The Labute approximate surface area is 194 Å². The Bertz CT molecular complexity index is 697. The van der Waals surface area contributed by atoms with Crippen molar-refractivity contribution in [3.63, 3.8) is 0 Å². The molecule has 0 saturated carbocycles. The summed E-state index contributed by atoms with van der Waals surface area (Å²) < 4.78 is 19.6. The average molecular weight is 477 g/mol. The molecule has 0 bridgehead atoms. The minimum atomic E-state index is -2.18. The number of hydrogen-bond acceptors (Lipinski definition) is 3. The van der Waals surface area contributed by atoms with Gasteiger partial charge < -0.3 is 13.3 Å². The summed E-state index contributed by atoms with van der Waals surface area (Å²) in [6.07, 6.45) is 11.3. The molecule has 3 nitrogen and oxygen atoms in total. The summed E-state index contributed by atoms with van der Waals surface area (Å²) in [6, 6.07) is 12.9. The van der Waals surface area contributed by atoms with Gasteiger partial charge in [-0.3, -0.25) is 0 Å². The van der Waals surface area contributed by atoms with Crippen LogP contribution in [-0.4, -0.2) is 45.0 Å². The molecule has 2 aliphatic heterocycles. The van der Waals surface area contributed by atoms with Crippen LogP contribution in [-0.2, 0) is 19.3 Å². The normalized spacial score (nSPS) is 27.6. The standard InChI is InChI=1S/C25H44O3Si3/c1-5-6-7-12-19-31(20-13-15-24(28-31)21-27-30(2,3)4)25-16-9-8-14-23(25)22-29-18-11-10-17-26-29/h8-9,12,14,16,19,24,29H,5-7,10-11,13,15,17-18,20-22H2,1-4H3. The first kappa shape index (κ1) is 25.1. The van der Waals surface area contributed by atoms with Gasteiger partial charge >= 0.3 is 0 Å². The van der Waals surface area contributed by atoms with E-state index in [4.69, 9.17) is 13.3 Å². The largest absolute Gasteiger partial charge is 0.420 e. The summed E-state index contributed by atoms with van der Waals surface area (Å²) in [7, 11) is -4.85. The van der Waals surface area contributed by atoms with E-state index in [0.717, 1.165) is 32.1 Å². The fraction of sp³-hybridized carbons (Fsp3) is 0.680. The van der Waals surface area contributed by atoms with Crippen LogP contribution in [0, 0.1) is 0 Å². The summed E-state index contributed by atoms with van der Waals surface area (Å²) in [5.74, 6) is 0. The molecule has 3 rings (SSSR count). The molecule has 1 aromatic rings. The molecule has 0 amide bonds. The lowest BCUT2D eigenvalue weighted by atomic mass is 10.2. The zero-order chi connectivity index (χ0) is 22.2. The van der Waals surface area contributed by atoms with E-state index in [1.54, 1.807) is 0 Å². The van der Waals surface area contributed by atoms with Crippen molar-refractivity contribution in [2.75, 3.05) is 13.2 Å². The highest BCUT2D eigenvalue weighted by Gasteiger charge is 2.42. The Hall–Kier alpha value is -0.509. The minimum Gasteiger partial charge on any atom is -0.420 e. The van der Waals surface area contributed by atoms with Gasteiger partial charge in [-0.25, -0.2) is 0 Å². The maximum absolute atomic E-state index is 7.09. The van der Waals surface area contributed by atoms with Crippen LogP contribution >= 0.6 is 0 Å². The Morgan fingerprint density at radius 1 is 1.19 bits per heavy atom. The molecule has 1 aromatic carbocycles. The fourth-order valence-corrected chi connectivity index (χ4v) is 12.4. The number of hydrogen-bond donors (Lipinski definition) is 0. The van der Waals surface area contributed by atoms with E-state index < -0.39 is 25.7 Å². The molecule has 2 fully saturated rings. The second-order valence-corrected chi connectivity index (χ2v) is 20.8. The first-order valence-electron chi connectivity index (χ1n) is 12.6. The van der Waals surface area contributed by atoms with Gasteiger partial charge in [-0.2, -0.15) is 0 Å². The summed E-state index contributed by atoms with van der Waals surface area (Å²) in [5.41, 5.74) is 4.05. The van der Waals surface area contributed by atoms with Crippen molar-refractivity contribution in [3.8, 4) is 0 Å². The molecule has 2 saturated heterocycles. The van der Waals surface area contributed by atoms with Crippen LogP contribution in [0.15, 0.2) is 36.0 Å². The van der Waals surface area contributed by atoms with E-state index in [-0.39, 0.29) is 6.10 Å². The fourth-order valence-electron chi connectivity index (χ4n) is 4.80. The van der Waals surface area contributed by atoms with E-state index >= 15 is 0 Å². The summed E-state index contributed by atoms with van der Waals surface area (Å²) >= 11 is 0. The predicted molar refractivity (Wildman–Crippen MR) is 140 cm³/mol. The zero-order valence-electron chi connectivity index (χ0n) is 20.3. The molecular formula is C25H44O3Si3. The highest BCUT2D eigenvalue weighted by Crippen LogP contribution is 2.30. The van der Waals surface area contributed by atoms with Crippen molar-refractivity contribution >= 4 is 30.9 Å². The molecule has 31 heavy (non-hydrogen) atoms. The van der Waals surface area contributed by atoms with E-state index in [2.05, 4.69) is 62.6 Å². The molecule has 0 radical (unpaired) electrons. The zero-order valence-corrected chi connectivity index (χ0v) is 23.5. The molecule has 2 aliphatic rings. The van der Waals surface area contributed by atoms with Crippen molar-refractivity contribution in [2.45, 2.75) is 95.7 Å². The third-order valence-electron chi connectivity index (χ3n) is 6.46. The quantitative estimate of drug-likeness (QED) is 0.317. The molecule has 0 aromatic heterocycles. The van der Waals surface area contributed by atoms with Crippen LogP contribution in [0.25, 0.3) is 0 Å². The number of rotatable bonds is 10. The lowest BCUT2D eigenvalue weighted by Gasteiger charge is -2.40. The molecular weight excluding hydrogens is 433 g/mol. The van der Waals surface area contributed by atoms with Crippen molar-refractivity contribution in [1.82, 2.24) is 0 Å². The van der Waals surface area contributed by atoms with Gasteiger partial charge in [0, 0.05) is 6.61 Å². The SMILES string of the molecule is CCCCC=C[Si]1(c2ccccc2C[SiH]2CCCCO2)CCCC(CO[Si](C)(C)C)O1. The van der Waals surface area contributed by atoms with Crippen LogP contribution < -0.4 is 5.19 Å². The van der Waals surface area contributed by atoms with Gasteiger partial charge in [0.15, 0.2) is 17.4 Å². The van der Waals surface area contributed by atoms with Gasteiger partial charge in [0.05, 0.1) is 12.7 Å². The predicted octanol–water partition coefficient (Wildman–Crippen LogP) is 5.77. The third-order valence-corrected chi connectivity index (χ3v) is 14.2. The topological polar surface area (TPSA) is 27.7 Å². The average Bonchev–Trinajstić information content (AvgIpc) is 2.76. The molecule has 3 atom stereocenters. The van der Waals surface area contributed by atoms with Gasteiger partial charge in [-0.1, -0.05) is 68.6 Å². The van der Waals surface area contributed by atoms with E-state index in [9.17, 15) is 0 Å². The van der Waals surface area contributed by atoms with Crippen molar-refractivity contribution in [2.24, 2.45) is 0 Å². The first-order valence-corrected chi connectivity index (χ1v) is 20.3. The van der Waals surface area contributed by atoms with E-state index in [1.165, 1.54) is 54.9 Å². The van der Waals surface area contributed by atoms with Gasteiger partial charge in [-0.05, 0) is 67.8 Å². The Morgan fingerprint density at radius 2 is 2.03 bits per heavy atom. The van der Waals surface area contributed by atoms with Gasteiger partial charge in [0.25, 0.3) is 0 Å². The van der Waals surface area contributed by atoms with Crippen LogP contribution in [0.2, 0.25) is 31.7 Å². The number of unbranched alkanes of at least 4 members (excludes halogenated alkanes) is 2. The number of allylic oxidation sites excluding steroid dienone is 1. The molecule has 174 valence electrons. The van der Waals surface area contributed by atoms with Crippen LogP contribution in [0.4, 0.5) is 0 Å². The molecule has 0 spiro atoms. The molecule has 2 heterocycles. The van der Waals surface area contributed by atoms with Crippen molar-refractivity contribution in [1.29, 1.82) is 0 Å². The van der Waals surface area contributed by atoms with Crippen LogP contribution in [0.5, 0.6) is 0 Å².